The lowest BCUT2D eigenvalue weighted by atomic mass is 9.84. The summed E-state index contributed by atoms with van der Waals surface area (Å²) >= 11 is 6.07. The van der Waals surface area contributed by atoms with Crippen molar-refractivity contribution in [3.05, 3.63) is 99.8 Å². The van der Waals surface area contributed by atoms with E-state index in [-0.39, 0.29) is 35.3 Å². The number of carbonyl (C=O) groups is 2. The smallest absolute Gasteiger partial charge is 0.407 e. The molecule has 2 amide bonds. The number of rotatable bonds is 11. The molecule has 1 saturated heterocycles. The average Bonchev–Trinajstić information content (AvgIpc) is 2.98. The van der Waals surface area contributed by atoms with Crippen molar-refractivity contribution in [1.29, 1.82) is 0 Å². The highest BCUT2D eigenvalue weighted by molar-refractivity contribution is 7.88. The molecule has 0 unspecified atom stereocenters. The van der Waals surface area contributed by atoms with E-state index >= 15 is 4.39 Å². The maximum atomic E-state index is 15.2. The van der Waals surface area contributed by atoms with Gasteiger partial charge in [-0.1, -0.05) is 29.8 Å². The Bertz CT molecular complexity index is 1640. The van der Waals surface area contributed by atoms with Crippen LogP contribution in [0.1, 0.15) is 42.4 Å². The SMILES string of the molecule is COC(=O)N[C@H](C(=O)Nc1cccc(F)c1CCC[C@H]1CNC[C@H](C)N1S(C)(=O)=O)[C@@H](c1ccc(Cl)cc1)c1cc(F)cc(F)c1. The highest BCUT2D eigenvalue weighted by Gasteiger charge is 2.35. The molecule has 3 aromatic rings. The topological polar surface area (TPSA) is 117 Å². The summed E-state index contributed by atoms with van der Waals surface area (Å²) in [6, 6.07) is 11.1. The van der Waals surface area contributed by atoms with Gasteiger partial charge in [-0.2, -0.15) is 4.31 Å². The summed E-state index contributed by atoms with van der Waals surface area (Å²) < 4.78 is 75.2. The number of ether oxygens (including phenoxy) is 1. The maximum Gasteiger partial charge on any atom is 0.407 e. The normalized spacial score (nSPS) is 18.4. The van der Waals surface area contributed by atoms with Crippen molar-refractivity contribution in [3.8, 4) is 0 Å². The quantitative estimate of drug-likeness (QED) is 0.257. The molecule has 1 aliphatic heterocycles. The van der Waals surface area contributed by atoms with Gasteiger partial charge in [0.15, 0.2) is 0 Å². The van der Waals surface area contributed by atoms with E-state index in [9.17, 15) is 26.8 Å². The monoisotopic (exact) mass is 680 g/mol. The van der Waals surface area contributed by atoms with Crippen LogP contribution in [0.25, 0.3) is 0 Å². The van der Waals surface area contributed by atoms with Gasteiger partial charge in [0.2, 0.25) is 15.9 Å². The van der Waals surface area contributed by atoms with Crippen LogP contribution >= 0.6 is 11.6 Å². The number of hydrogen-bond acceptors (Lipinski definition) is 6. The minimum Gasteiger partial charge on any atom is -0.453 e. The molecule has 0 radical (unpaired) electrons. The molecule has 248 valence electrons. The number of methoxy groups -OCH3 is 1. The summed E-state index contributed by atoms with van der Waals surface area (Å²) in [5, 5.41) is 8.76. The van der Waals surface area contributed by atoms with Crippen molar-refractivity contribution >= 4 is 39.3 Å². The molecule has 1 heterocycles. The molecule has 0 aliphatic carbocycles. The molecule has 0 saturated carbocycles. The van der Waals surface area contributed by atoms with Crippen molar-refractivity contribution in [2.45, 2.75) is 50.2 Å². The second kappa shape index (κ2) is 15.3. The van der Waals surface area contributed by atoms with Crippen LogP contribution in [-0.4, -0.2) is 69.3 Å². The van der Waals surface area contributed by atoms with Gasteiger partial charge in [-0.25, -0.2) is 26.4 Å². The average molecular weight is 681 g/mol. The number of amides is 2. The maximum absolute atomic E-state index is 15.2. The van der Waals surface area contributed by atoms with E-state index in [1.807, 2.05) is 6.92 Å². The lowest BCUT2D eigenvalue weighted by molar-refractivity contribution is -0.118. The fourth-order valence-corrected chi connectivity index (χ4v) is 7.54. The fourth-order valence-electron chi connectivity index (χ4n) is 5.97. The van der Waals surface area contributed by atoms with Crippen molar-refractivity contribution < 1.29 is 35.9 Å². The van der Waals surface area contributed by atoms with Crippen LogP contribution in [0.5, 0.6) is 0 Å². The molecule has 0 spiro atoms. The Morgan fingerprint density at radius 1 is 1.04 bits per heavy atom. The number of halogens is 4. The first-order valence-electron chi connectivity index (χ1n) is 14.6. The number of hydrogen-bond donors (Lipinski definition) is 3. The second-order valence-electron chi connectivity index (χ2n) is 11.2. The van der Waals surface area contributed by atoms with Crippen molar-refractivity contribution in [2.24, 2.45) is 0 Å². The lowest BCUT2D eigenvalue weighted by Gasteiger charge is -2.39. The van der Waals surface area contributed by atoms with Crippen LogP contribution in [0.15, 0.2) is 60.7 Å². The Kier molecular flexibility index (Phi) is 11.7. The van der Waals surface area contributed by atoms with Gasteiger partial charge in [-0.3, -0.25) is 4.79 Å². The van der Waals surface area contributed by atoms with Gasteiger partial charge < -0.3 is 20.7 Å². The van der Waals surface area contributed by atoms with Gasteiger partial charge in [-0.05, 0) is 73.7 Å². The van der Waals surface area contributed by atoms with Gasteiger partial charge in [0.25, 0.3) is 0 Å². The highest BCUT2D eigenvalue weighted by Crippen LogP contribution is 2.32. The van der Waals surface area contributed by atoms with Crippen LogP contribution < -0.4 is 16.0 Å². The van der Waals surface area contributed by atoms with Gasteiger partial charge in [0.05, 0.1) is 13.4 Å². The number of anilines is 1. The van der Waals surface area contributed by atoms with E-state index in [2.05, 4.69) is 16.0 Å². The van der Waals surface area contributed by atoms with Crippen LogP contribution in [0.3, 0.4) is 0 Å². The Morgan fingerprint density at radius 2 is 1.72 bits per heavy atom. The van der Waals surface area contributed by atoms with Gasteiger partial charge >= 0.3 is 6.09 Å². The molecule has 0 aromatic heterocycles. The number of carbonyl (C=O) groups excluding carboxylic acids is 2. The van der Waals surface area contributed by atoms with Gasteiger partial charge in [0.1, 0.15) is 23.5 Å². The molecule has 1 fully saturated rings. The summed E-state index contributed by atoms with van der Waals surface area (Å²) in [5.41, 5.74) is 0.741. The molecule has 3 N–H and O–H groups in total. The van der Waals surface area contributed by atoms with E-state index in [0.717, 1.165) is 19.2 Å². The van der Waals surface area contributed by atoms with E-state index < -0.39 is 51.4 Å². The molecular weight excluding hydrogens is 645 g/mol. The highest BCUT2D eigenvalue weighted by atomic mass is 35.5. The summed E-state index contributed by atoms with van der Waals surface area (Å²) in [6.07, 6.45) is 1.18. The molecule has 3 aromatic carbocycles. The number of nitrogens with one attached hydrogen (secondary N) is 3. The molecule has 0 bridgehead atoms. The zero-order valence-corrected chi connectivity index (χ0v) is 27.1. The summed E-state index contributed by atoms with van der Waals surface area (Å²) in [7, 11) is -2.37. The molecular formula is C32H36ClF3N4O5S. The number of alkyl carbamates (subject to hydrolysis) is 1. The largest absolute Gasteiger partial charge is 0.453 e. The zero-order chi connectivity index (χ0) is 33.6. The van der Waals surface area contributed by atoms with Crippen molar-refractivity contribution in [2.75, 3.05) is 31.8 Å². The minimum absolute atomic E-state index is 0.0431. The van der Waals surface area contributed by atoms with Crippen LogP contribution in [0.2, 0.25) is 5.02 Å². The number of sulfonamides is 1. The van der Waals surface area contributed by atoms with Gasteiger partial charge in [-0.15, -0.1) is 0 Å². The van der Waals surface area contributed by atoms with Crippen molar-refractivity contribution in [3.63, 3.8) is 0 Å². The first kappa shape index (κ1) is 35.2. The molecule has 14 heteroatoms. The Labute approximate surface area is 271 Å². The van der Waals surface area contributed by atoms with Crippen molar-refractivity contribution in [1.82, 2.24) is 14.9 Å². The third-order valence-corrected chi connectivity index (χ3v) is 9.56. The standard InChI is InChI=1S/C32H36ClF3N4O5S/c1-19-17-37-18-25(40(19)46(3,43)44)6-4-7-26-27(36)8-5-9-28(26)38-31(41)30(39-32(42)45-2)29(20-10-12-22(33)13-11-20)21-14-23(34)16-24(35)15-21/h5,8-16,19,25,29-30,37H,4,6-7,17-18H2,1-3H3,(H,38,41)(H,39,42)/t19-,25-,29-,30-/m0/s1. The molecule has 4 atom stereocenters. The lowest BCUT2D eigenvalue weighted by Crippen LogP contribution is -2.57. The molecule has 46 heavy (non-hydrogen) atoms. The zero-order valence-electron chi connectivity index (χ0n) is 25.5. The molecule has 9 nitrogen and oxygen atoms in total. The van der Waals surface area contributed by atoms with E-state index in [1.165, 1.54) is 40.9 Å². The number of nitrogens with zero attached hydrogens (tertiary/aromatic N) is 1. The number of benzene rings is 3. The van der Waals surface area contributed by atoms with Crippen LogP contribution in [0.4, 0.5) is 23.7 Å². The van der Waals surface area contributed by atoms with Gasteiger partial charge in [0, 0.05) is 53.4 Å². The summed E-state index contributed by atoms with van der Waals surface area (Å²) in [4.78, 5) is 26.4. The Morgan fingerprint density at radius 3 is 2.35 bits per heavy atom. The molecule has 4 rings (SSSR count). The predicted molar refractivity (Wildman–Crippen MR) is 170 cm³/mol. The Balaban J connectivity index is 1.64. The third-order valence-electron chi connectivity index (χ3n) is 7.89. The summed E-state index contributed by atoms with van der Waals surface area (Å²) in [5.74, 6) is -4.31. The van der Waals surface area contributed by atoms with E-state index in [0.29, 0.717) is 42.6 Å². The predicted octanol–water partition coefficient (Wildman–Crippen LogP) is 5.20. The molecule has 1 aliphatic rings. The van der Waals surface area contributed by atoms with E-state index in [4.69, 9.17) is 16.3 Å². The number of piperazine rings is 1. The Hall–Kier alpha value is -3.65. The first-order chi connectivity index (χ1) is 21.8. The van der Waals surface area contributed by atoms with Crippen LogP contribution in [0, 0.1) is 17.5 Å². The van der Waals surface area contributed by atoms with Crippen LogP contribution in [-0.2, 0) is 26.0 Å². The minimum atomic E-state index is -3.47. The van der Waals surface area contributed by atoms with E-state index in [1.54, 1.807) is 12.1 Å². The second-order valence-corrected chi connectivity index (χ2v) is 13.6. The first-order valence-corrected chi connectivity index (χ1v) is 16.8. The summed E-state index contributed by atoms with van der Waals surface area (Å²) in [6.45, 7) is 2.79. The third kappa shape index (κ3) is 8.78. The fraction of sp³-hybridized carbons (Fsp3) is 0.375.